The Bertz CT molecular complexity index is 511. The van der Waals surface area contributed by atoms with Crippen LogP contribution in [0.1, 0.15) is 79.1 Å². The summed E-state index contributed by atoms with van der Waals surface area (Å²) in [6, 6.07) is 0. The van der Waals surface area contributed by atoms with Crippen LogP contribution >= 0.6 is 0 Å². The number of carbonyl (C=O) groups excluding carboxylic acids is 2. The van der Waals surface area contributed by atoms with E-state index in [1.165, 1.54) is 25.7 Å². The number of carbonyl (C=O) groups is 4. The molecule has 9 heteroatoms. The van der Waals surface area contributed by atoms with Gasteiger partial charge in [-0.15, -0.1) is 0 Å². The molecule has 8 nitrogen and oxygen atoms in total. The molecule has 0 aromatic carbocycles. The summed E-state index contributed by atoms with van der Waals surface area (Å²) < 4.78 is 12.5. The Kier molecular flexibility index (Phi) is 32.7. The third-order valence-corrected chi connectivity index (χ3v) is 7.66. The van der Waals surface area contributed by atoms with Crippen LogP contribution in [0, 0.1) is 0 Å². The van der Waals surface area contributed by atoms with E-state index in [1.54, 1.807) is 8.87 Å². The molecule has 0 saturated heterocycles. The number of unbranched alkanes of at least 4 members (excludes halogenated alkanes) is 4. The standard InChI is InChI=1S/2C8H12O4.2C4H9.Sn/c2*1-2-3-6-12-8(11)5-4-7(9)10;2*1-3-4-2;/h2*4-5H,2-3,6H2,1H3,(H,9,10);2*1,3-4H2,2H3;/b2*5-4-;;;. The van der Waals surface area contributed by atoms with E-state index in [9.17, 15) is 19.2 Å². The molecule has 0 unspecified atom stereocenters. The molecule has 0 heterocycles. The van der Waals surface area contributed by atoms with Gasteiger partial charge in [-0.1, -0.05) is 26.7 Å². The van der Waals surface area contributed by atoms with E-state index in [0.717, 1.165) is 50.0 Å². The van der Waals surface area contributed by atoms with Crippen molar-refractivity contribution < 1.29 is 38.9 Å². The van der Waals surface area contributed by atoms with Crippen LogP contribution in [-0.2, 0) is 28.7 Å². The minimum atomic E-state index is -1.15. The van der Waals surface area contributed by atoms with Gasteiger partial charge < -0.3 is 19.7 Å². The van der Waals surface area contributed by atoms with E-state index >= 15 is 0 Å². The van der Waals surface area contributed by atoms with Gasteiger partial charge in [0.15, 0.2) is 0 Å². The van der Waals surface area contributed by atoms with E-state index < -0.39 is 23.9 Å². The molecule has 0 spiro atoms. The second-order valence-electron chi connectivity index (χ2n) is 6.84. The number of ether oxygens (including phenoxy) is 2. The Morgan fingerprint density at radius 3 is 1.21 bits per heavy atom. The first-order valence-corrected chi connectivity index (χ1v) is 15.6. The minimum absolute atomic E-state index is 0.149. The molecule has 0 bridgehead atoms. The van der Waals surface area contributed by atoms with Crippen molar-refractivity contribution >= 4 is 45.0 Å². The number of aliphatic carboxylic acids is 2. The van der Waals surface area contributed by atoms with Gasteiger partial charge in [-0.3, -0.25) is 0 Å². The molecule has 0 saturated carbocycles. The zero-order valence-electron chi connectivity index (χ0n) is 20.6. The molecule has 33 heavy (non-hydrogen) atoms. The van der Waals surface area contributed by atoms with Gasteiger partial charge in [0, 0.05) is 24.3 Å². The first-order valence-electron chi connectivity index (χ1n) is 11.6. The van der Waals surface area contributed by atoms with Crippen LogP contribution in [0.15, 0.2) is 24.3 Å². The van der Waals surface area contributed by atoms with Gasteiger partial charge >= 0.3 is 93.4 Å². The quantitative estimate of drug-likeness (QED) is 0.113. The SMILES string of the molecule is CCCCOC(=O)/C=C\C(=O)O.CCCCOC(=O)/C=C\C(=O)O.CCC[CH2][Sn][CH2]CCC. The average molecular weight is 577 g/mol. The van der Waals surface area contributed by atoms with Crippen LogP contribution in [0.5, 0.6) is 0 Å². The third-order valence-electron chi connectivity index (χ3n) is 3.62. The van der Waals surface area contributed by atoms with Crippen LogP contribution < -0.4 is 0 Å². The zero-order valence-corrected chi connectivity index (χ0v) is 23.5. The van der Waals surface area contributed by atoms with Crippen LogP contribution in [0.4, 0.5) is 0 Å². The molecule has 190 valence electrons. The van der Waals surface area contributed by atoms with Crippen molar-refractivity contribution in [3.63, 3.8) is 0 Å². The molecule has 2 radical (unpaired) electrons. The summed E-state index contributed by atoms with van der Waals surface area (Å²) in [6.07, 6.45) is 12.6. The Labute approximate surface area is 209 Å². The van der Waals surface area contributed by atoms with Crippen molar-refractivity contribution in [1.82, 2.24) is 0 Å². The topological polar surface area (TPSA) is 127 Å². The maximum absolute atomic E-state index is 10.6. The normalized spacial score (nSPS) is 10.1. The summed E-state index contributed by atoms with van der Waals surface area (Å²) in [7, 11) is 0. The summed E-state index contributed by atoms with van der Waals surface area (Å²) in [5.74, 6) is -3.51. The number of hydrogen-bond acceptors (Lipinski definition) is 6. The van der Waals surface area contributed by atoms with Gasteiger partial charge in [-0.05, 0) is 12.8 Å². The van der Waals surface area contributed by atoms with E-state index in [1.807, 2.05) is 13.8 Å². The van der Waals surface area contributed by atoms with Crippen LogP contribution in [0.25, 0.3) is 0 Å². The molecule has 0 aliphatic heterocycles. The van der Waals surface area contributed by atoms with Gasteiger partial charge in [-0.2, -0.15) is 0 Å². The van der Waals surface area contributed by atoms with Gasteiger partial charge in [0.05, 0.1) is 13.2 Å². The van der Waals surface area contributed by atoms with Gasteiger partial charge in [0.1, 0.15) is 0 Å². The fraction of sp³-hybridized carbons (Fsp3) is 0.667. The average Bonchev–Trinajstić information content (AvgIpc) is 2.77. The zero-order chi connectivity index (χ0) is 25.7. The first kappa shape index (κ1) is 35.7. The monoisotopic (exact) mass is 578 g/mol. The Hall–Kier alpha value is -1.84. The van der Waals surface area contributed by atoms with Crippen LogP contribution in [0.2, 0.25) is 8.87 Å². The summed E-state index contributed by atoms with van der Waals surface area (Å²) in [6.45, 7) is 9.22. The predicted molar refractivity (Wildman–Crippen MR) is 130 cm³/mol. The van der Waals surface area contributed by atoms with Gasteiger partial charge in [0.2, 0.25) is 0 Å². The number of esters is 2. The molecule has 0 atom stereocenters. The molecule has 0 rings (SSSR count). The second kappa shape index (κ2) is 30.2. The number of carboxylic acid groups (broad SMARTS) is 2. The van der Waals surface area contributed by atoms with Crippen molar-refractivity contribution in [3.05, 3.63) is 24.3 Å². The Morgan fingerprint density at radius 1 is 0.606 bits per heavy atom. The third kappa shape index (κ3) is 41.0. The number of carboxylic acids is 2. The van der Waals surface area contributed by atoms with Crippen molar-refractivity contribution in [2.24, 2.45) is 0 Å². The van der Waals surface area contributed by atoms with Crippen molar-refractivity contribution in [3.8, 4) is 0 Å². The molecule has 2 N–H and O–H groups in total. The van der Waals surface area contributed by atoms with E-state index in [4.69, 9.17) is 10.2 Å². The van der Waals surface area contributed by atoms with Gasteiger partial charge in [-0.25, -0.2) is 19.2 Å². The molecule has 0 aliphatic rings. The molecular formula is C24H42O8Sn. The fourth-order valence-corrected chi connectivity index (χ4v) is 5.90. The van der Waals surface area contributed by atoms with Crippen molar-refractivity contribution in [2.45, 2.75) is 87.9 Å². The van der Waals surface area contributed by atoms with Crippen LogP contribution in [-0.4, -0.2) is 68.4 Å². The summed E-state index contributed by atoms with van der Waals surface area (Å²) >= 11 is 0.149. The van der Waals surface area contributed by atoms with E-state index in [2.05, 4.69) is 23.3 Å². The molecule has 0 amide bonds. The molecule has 0 aromatic rings. The number of rotatable bonds is 16. The van der Waals surface area contributed by atoms with Crippen molar-refractivity contribution in [1.29, 1.82) is 0 Å². The summed E-state index contributed by atoms with van der Waals surface area (Å²) in [4.78, 5) is 41.2. The second-order valence-corrected chi connectivity index (χ2v) is 11.1. The number of hydrogen-bond donors (Lipinski definition) is 2. The molecule has 0 aromatic heterocycles. The predicted octanol–water partition coefficient (Wildman–Crippen LogP) is 5.07. The summed E-state index contributed by atoms with van der Waals surface area (Å²) in [5.41, 5.74) is 0. The Morgan fingerprint density at radius 2 is 0.939 bits per heavy atom. The maximum atomic E-state index is 10.6. The molecular weight excluding hydrogens is 535 g/mol. The molecule has 0 aliphatic carbocycles. The summed E-state index contributed by atoms with van der Waals surface area (Å²) in [5, 5.41) is 16.3. The first-order chi connectivity index (χ1) is 15.7. The fourth-order valence-electron chi connectivity index (χ4n) is 1.74. The van der Waals surface area contributed by atoms with E-state index in [-0.39, 0.29) is 21.1 Å². The van der Waals surface area contributed by atoms with Crippen LogP contribution in [0.3, 0.4) is 0 Å². The van der Waals surface area contributed by atoms with E-state index in [0.29, 0.717) is 13.2 Å². The van der Waals surface area contributed by atoms with Crippen molar-refractivity contribution in [2.75, 3.05) is 13.2 Å². The Balaban J connectivity index is -0.000000414. The molecule has 0 fully saturated rings. The van der Waals surface area contributed by atoms with Gasteiger partial charge in [0.25, 0.3) is 0 Å².